The van der Waals surface area contributed by atoms with Gasteiger partial charge in [-0.15, -0.1) is 11.3 Å². The summed E-state index contributed by atoms with van der Waals surface area (Å²) in [4.78, 5) is 5.84. The van der Waals surface area contributed by atoms with Crippen molar-refractivity contribution in [2.75, 3.05) is 6.54 Å². The van der Waals surface area contributed by atoms with E-state index in [0.29, 0.717) is 6.04 Å². The number of rotatable bonds is 5. The van der Waals surface area contributed by atoms with Crippen molar-refractivity contribution in [3.05, 3.63) is 23.5 Å². The molecule has 2 aromatic rings. The lowest BCUT2D eigenvalue weighted by Crippen LogP contribution is -2.37. The van der Waals surface area contributed by atoms with Crippen LogP contribution in [0.2, 0.25) is 0 Å². The van der Waals surface area contributed by atoms with Crippen LogP contribution >= 0.6 is 11.3 Å². The van der Waals surface area contributed by atoms with Crippen molar-refractivity contribution < 1.29 is 0 Å². The standard InChI is InChI=1S/C15H23N3S/c1-3-16-14(12-5-4-11(2)8-12)9-13-10-18-6-7-19-15(18)17-13/h6-7,10-12,14,16H,3-5,8-9H2,1-2H3. The second-order valence-electron chi connectivity index (χ2n) is 5.87. The molecule has 0 saturated heterocycles. The SMILES string of the molecule is CCNC(Cc1cn2ccsc2n1)C1CCC(C)C1. The quantitative estimate of drug-likeness (QED) is 0.908. The number of fused-ring (bicyclic) bond motifs is 1. The molecule has 0 amide bonds. The average molecular weight is 277 g/mol. The van der Waals surface area contributed by atoms with Gasteiger partial charge in [0.25, 0.3) is 0 Å². The van der Waals surface area contributed by atoms with Crippen molar-refractivity contribution in [3.8, 4) is 0 Å². The summed E-state index contributed by atoms with van der Waals surface area (Å²) >= 11 is 1.71. The van der Waals surface area contributed by atoms with Gasteiger partial charge in [-0.1, -0.05) is 20.3 Å². The molecule has 3 unspecified atom stereocenters. The third kappa shape index (κ3) is 2.84. The van der Waals surface area contributed by atoms with Crippen LogP contribution in [0.15, 0.2) is 17.8 Å². The fourth-order valence-corrected chi connectivity index (χ4v) is 4.10. The van der Waals surface area contributed by atoms with Crippen molar-refractivity contribution in [1.82, 2.24) is 14.7 Å². The minimum Gasteiger partial charge on any atom is -0.314 e. The molecule has 0 spiro atoms. The lowest BCUT2D eigenvalue weighted by atomic mass is 9.93. The predicted molar refractivity (Wildman–Crippen MR) is 80.7 cm³/mol. The molecule has 0 aromatic carbocycles. The van der Waals surface area contributed by atoms with Gasteiger partial charge >= 0.3 is 0 Å². The zero-order valence-corrected chi connectivity index (χ0v) is 12.6. The van der Waals surface area contributed by atoms with Gasteiger partial charge in [-0.25, -0.2) is 4.98 Å². The maximum Gasteiger partial charge on any atom is 0.193 e. The van der Waals surface area contributed by atoms with Crippen LogP contribution in [0.5, 0.6) is 0 Å². The van der Waals surface area contributed by atoms with Crippen LogP contribution in [0.4, 0.5) is 0 Å². The highest BCUT2D eigenvalue weighted by Gasteiger charge is 2.28. The molecular formula is C15H23N3S. The molecule has 19 heavy (non-hydrogen) atoms. The number of hydrogen-bond donors (Lipinski definition) is 1. The van der Waals surface area contributed by atoms with Gasteiger partial charge in [0.2, 0.25) is 0 Å². The summed E-state index contributed by atoms with van der Waals surface area (Å²) in [7, 11) is 0. The van der Waals surface area contributed by atoms with E-state index >= 15 is 0 Å². The van der Waals surface area contributed by atoms with Crippen molar-refractivity contribution in [2.45, 2.75) is 45.6 Å². The molecule has 3 rings (SSSR count). The Balaban J connectivity index is 1.71. The molecule has 2 heterocycles. The Morgan fingerprint density at radius 1 is 1.53 bits per heavy atom. The first-order valence-corrected chi connectivity index (χ1v) is 8.28. The van der Waals surface area contributed by atoms with E-state index < -0.39 is 0 Å². The van der Waals surface area contributed by atoms with Crippen LogP contribution in [-0.4, -0.2) is 22.0 Å². The fourth-order valence-electron chi connectivity index (χ4n) is 3.38. The third-order valence-corrected chi connectivity index (χ3v) is 5.11. The summed E-state index contributed by atoms with van der Waals surface area (Å²) in [5.74, 6) is 1.73. The zero-order chi connectivity index (χ0) is 13.2. The van der Waals surface area contributed by atoms with Gasteiger partial charge in [0, 0.05) is 30.2 Å². The topological polar surface area (TPSA) is 29.3 Å². The molecule has 3 nitrogen and oxygen atoms in total. The van der Waals surface area contributed by atoms with E-state index in [2.05, 4.69) is 41.3 Å². The molecule has 0 bridgehead atoms. The van der Waals surface area contributed by atoms with Gasteiger partial charge in [0.05, 0.1) is 5.69 Å². The summed E-state index contributed by atoms with van der Waals surface area (Å²) in [6, 6.07) is 0.597. The van der Waals surface area contributed by atoms with Crippen LogP contribution in [0.25, 0.3) is 4.96 Å². The first kappa shape index (κ1) is 13.1. The first-order chi connectivity index (χ1) is 9.26. The largest absolute Gasteiger partial charge is 0.314 e. The summed E-state index contributed by atoms with van der Waals surface area (Å²) in [6.45, 7) is 5.64. The third-order valence-electron chi connectivity index (χ3n) is 4.34. The van der Waals surface area contributed by atoms with Crippen molar-refractivity contribution in [2.24, 2.45) is 11.8 Å². The molecule has 4 heteroatoms. The van der Waals surface area contributed by atoms with E-state index in [1.54, 1.807) is 11.3 Å². The Bertz CT molecular complexity index is 502. The van der Waals surface area contributed by atoms with Crippen molar-refractivity contribution >= 4 is 16.3 Å². The van der Waals surface area contributed by atoms with Crippen LogP contribution in [0.1, 0.15) is 38.8 Å². The zero-order valence-electron chi connectivity index (χ0n) is 11.8. The minimum atomic E-state index is 0.597. The summed E-state index contributed by atoms with van der Waals surface area (Å²) in [6.07, 6.45) is 9.50. The normalized spacial score (nSPS) is 25.2. The Hall–Kier alpha value is -0.870. The van der Waals surface area contributed by atoms with E-state index in [1.807, 2.05) is 0 Å². The smallest absolute Gasteiger partial charge is 0.193 e. The van der Waals surface area contributed by atoms with Crippen molar-refractivity contribution in [1.29, 1.82) is 0 Å². The number of nitrogens with zero attached hydrogens (tertiary/aromatic N) is 2. The van der Waals surface area contributed by atoms with Gasteiger partial charge < -0.3 is 5.32 Å². The van der Waals surface area contributed by atoms with Crippen molar-refractivity contribution in [3.63, 3.8) is 0 Å². The molecular weight excluding hydrogens is 254 g/mol. The summed E-state index contributed by atoms with van der Waals surface area (Å²) in [5.41, 5.74) is 1.23. The highest BCUT2D eigenvalue weighted by Crippen LogP contribution is 2.33. The van der Waals surface area contributed by atoms with E-state index in [0.717, 1.165) is 29.8 Å². The van der Waals surface area contributed by atoms with E-state index in [1.165, 1.54) is 25.0 Å². The number of thiazole rings is 1. The number of aromatic nitrogens is 2. The van der Waals surface area contributed by atoms with Gasteiger partial charge in [-0.2, -0.15) is 0 Å². The lowest BCUT2D eigenvalue weighted by Gasteiger charge is -2.23. The number of imidazole rings is 1. The van der Waals surface area contributed by atoms with E-state index in [-0.39, 0.29) is 0 Å². The Labute approximate surface area is 119 Å². The molecule has 104 valence electrons. The van der Waals surface area contributed by atoms with Gasteiger partial charge in [-0.05, 0) is 31.2 Å². The Kier molecular flexibility index (Phi) is 3.89. The fraction of sp³-hybridized carbons (Fsp3) is 0.667. The maximum absolute atomic E-state index is 4.73. The number of hydrogen-bond acceptors (Lipinski definition) is 3. The minimum absolute atomic E-state index is 0.597. The van der Waals surface area contributed by atoms with Crippen LogP contribution in [-0.2, 0) is 6.42 Å². The molecule has 1 aliphatic rings. The van der Waals surface area contributed by atoms with Crippen LogP contribution in [0.3, 0.4) is 0 Å². The molecule has 1 N–H and O–H groups in total. The molecule has 1 fully saturated rings. The monoisotopic (exact) mass is 277 g/mol. The molecule has 0 aliphatic heterocycles. The second kappa shape index (κ2) is 5.63. The van der Waals surface area contributed by atoms with Crippen LogP contribution < -0.4 is 5.32 Å². The molecule has 2 aromatic heterocycles. The van der Waals surface area contributed by atoms with E-state index in [9.17, 15) is 0 Å². The average Bonchev–Trinajstić information content (AvgIpc) is 3.03. The molecule has 1 saturated carbocycles. The second-order valence-corrected chi connectivity index (χ2v) is 6.74. The maximum atomic E-state index is 4.73. The number of nitrogens with one attached hydrogen (secondary N) is 1. The van der Waals surface area contributed by atoms with E-state index in [4.69, 9.17) is 4.98 Å². The summed E-state index contributed by atoms with van der Waals surface area (Å²) in [5, 5.41) is 5.77. The van der Waals surface area contributed by atoms with Crippen LogP contribution in [0, 0.1) is 11.8 Å². The van der Waals surface area contributed by atoms with Gasteiger partial charge in [0.15, 0.2) is 4.96 Å². The molecule has 1 aliphatic carbocycles. The van der Waals surface area contributed by atoms with Gasteiger partial charge in [0.1, 0.15) is 0 Å². The van der Waals surface area contributed by atoms with Gasteiger partial charge in [-0.3, -0.25) is 4.40 Å². The highest BCUT2D eigenvalue weighted by atomic mass is 32.1. The lowest BCUT2D eigenvalue weighted by molar-refractivity contribution is 0.352. The summed E-state index contributed by atoms with van der Waals surface area (Å²) < 4.78 is 2.14. The Morgan fingerprint density at radius 3 is 3.11 bits per heavy atom. The predicted octanol–water partition coefficient (Wildman–Crippen LogP) is 3.35. The Morgan fingerprint density at radius 2 is 2.42 bits per heavy atom. The first-order valence-electron chi connectivity index (χ1n) is 7.40. The molecule has 3 atom stereocenters. The number of likely N-dealkylation sites (N-methyl/N-ethyl adjacent to an activating group) is 1. The molecule has 0 radical (unpaired) electrons. The highest BCUT2D eigenvalue weighted by molar-refractivity contribution is 7.15.